The molecule has 0 heterocycles. The van der Waals surface area contributed by atoms with E-state index in [2.05, 4.69) is 5.32 Å². The van der Waals surface area contributed by atoms with Crippen molar-refractivity contribution in [3.8, 4) is 0 Å². The molecule has 16 heavy (non-hydrogen) atoms. The molecule has 0 spiro atoms. The topological polar surface area (TPSA) is 12.0 Å². The second kappa shape index (κ2) is 5.89. The molecule has 0 aromatic heterocycles. The van der Waals surface area contributed by atoms with Gasteiger partial charge in [0.1, 0.15) is 6.04 Å². The number of hydrogen-bond acceptors (Lipinski definition) is 1. The summed E-state index contributed by atoms with van der Waals surface area (Å²) in [6, 6.07) is -1.44. The van der Waals surface area contributed by atoms with Gasteiger partial charge in [-0.2, -0.15) is 13.2 Å². The Balaban J connectivity index is 4.57. The Morgan fingerprint density at radius 2 is 1.44 bits per heavy atom. The van der Waals surface area contributed by atoms with E-state index in [4.69, 9.17) is 0 Å². The molecule has 0 fully saturated rings. The van der Waals surface area contributed by atoms with Crippen molar-refractivity contribution >= 4 is 0 Å². The van der Waals surface area contributed by atoms with Gasteiger partial charge < -0.3 is 5.32 Å². The summed E-state index contributed by atoms with van der Waals surface area (Å²) in [4.78, 5) is 0. The van der Waals surface area contributed by atoms with Gasteiger partial charge in [0.25, 0.3) is 0 Å². The van der Waals surface area contributed by atoms with E-state index in [1.54, 1.807) is 0 Å². The molecule has 1 atom stereocenters. The van der Waals surface area contributed by atoms with Gasteiger partial charge in [-0.1, -0.05) is 34.6 Å². The van der Waals surface area contributed by atoms with E-state index >= 15 is 0 Å². The summed E-state index contributed by atoms with van der Waals surface area (Å²) in [5, 5.41) is 2.72. The Morgan fingerprint density at radius 3 is 1.69 bits per heavy atom. The van der Waals surface area contributed by atoms with Gasteiger partial charge in [0, 0.05) is 6.04 Å². The van der Waals surface area contributed by atoms with Crippen LogP contribution >= 0.6 is 0 Å². The van der Waals surface area contributed by atoms with E-state index in [1.807, 2.05) is 34.6 Å². The van der Waals surface area contributed by atoms with E-state index in [9.17, 15) is 13.2 Å². The highest BCUT2D eigenvalue weighted by Gasteiger charge is 2.42. The monoisotopic (exact) mass is 239 g/mol. The number of nitrogens with one attached hydrogen (secondary N) is 1. The van der Waals surface area contributed by atoms with Crippen molar-refractivity contribution in [3.63, 3.8) is 0 Å². The molecule has 0 rings (SSSR count). The van der Waals surface area contributed by atoms with Gasteiger partial charge in [-0.05, 0) is 24.7 Å². The molecule has 0 aromatic carbocycles. The summed E-state index contributed by atoms with van der Waals surface area (Å²) in [6.45, 7) is 9.32. The van der Waals surface area contributed by atoms with E-state index in [0.717, 1.165) is 12.8 Å². The second-order valence-corrected chi connectivity index (χ2v) is 5.54. The van der Waals surface area contributed by atoms with Crippen LogP contribution in [0.25, 0.3) is 0 Å². The molecule has 0 aliphatic heterocycles. The van der Waals surface area contributed by atoms with E-state index in [0.29, 0.717) is 0 Å². The molecule has 1 nitrogen and oxygen atoms in total. The van der Waals surface area contributed by atoms with Crippen molar-refractivity contribution in [1.29, 1.82) is 0 Å². The number of rotatable bonds is 5. The normalized spacial score (nSPS) is 15.6. The van der Waals surface area contributed by atoms with Crippen LogP contribution in [0.1, 0.15) is 53.9 Å². The van der Waals surface area contributed by atoms with Crippen LogP contribution in [-0.4, -0.2) is 18.3 Å². The molecule has 0 saturated carbocycles. The first kappa shape index (κ1) is 15.8. The standard InChI is InChI=1S/C12H24F3N/c1-6-9(7-2)16-10(12(13,14)15)8-11(3,4)5/h9-10,16H,6-8H2,1-5H3. The Kier molecular flexibility index (Phi) is 5.80. The zero-order chi connectivity index (χ0) is 13.0. The van der Waals surface area contributed by atoms with Crippen LogP contribution in [0.3, 0.4) is 0 Å². The van der Waals surface area contributed by atoms with Crippen LogP contribution in [0.15, 0.2) is 0 Å². The Labute approximate surface area is 96.8 Å². The van der Waals surface area contributed by atoms with Gasteiger partial charge in [-0.3, -0.25) is 0 Å². The van der Waals surface area contributed by atoms with Gasteiger partial charge in [0.15, 0.2) is 0 Å². The third-order valence-electron chi connectivity index (χ3n) is 2.63. The lowest BCUT2D eigenvalue weighted by Crippen LogP contribution is -2.48. The lowest BCUT2D eigenvalue weighted by atomic mass is 9.87. The Morgan fingerprint density at radius 1 is 1.00 bits per heavy atom. The first-order chi connectivity index (χ1) is 7.10. The summed E-state index contributed by atoms with van der Waals surface area (Å²) in [6.07, 6.45) is -2.58. The summed E-state index contributed by atoms with van der Waals surface area (Å²) >= 11 is 0. The first-order valence-electron chi connectivity index (χ1n) is 5.93. The van der Waals surface area contributed by atoms with Crippen molar-refractivity contribution < 1.29 is 13.2 Å². The fourth-order valence-corrected chi connectivity index (χ4v) is 1.69. The van der Waals surface area contributed by atoms with Gasteiger partial charge in [-0.15, -0.1) is 0 Å². The highest BCUT2D eigenvalue weighted by molar-refractivity contribution is 4.83. The molecular weight excluding hydrogens is 215 g/mol. The average molecular weight is 239 g/mol. The molecule has 0 aliphatic carbocycles. The molecule has 0 aromatic rings. The summed E-state index contributed by atoms with van der Waals surface area (Å²) in [5.74, 6) is 0. The van der Waals surface area contributed by atoms with Crippen LogP contribution in [-0.2, 0) is 0 Å². The fraction of sp³-hybridized carbons (Fsp3) is 1.00. The van der Waals surface area contributed by atoms with Crippen LogP contribution < -0.4 is 5.32 Å². The molecule has 0 aliphatic rings. The summed E-state index contributed by atoms with van der Waals surface area (Å²) in [5.41, 5.74) is -0.320. The maximum Gasteiger partial charge on any atom is 0.403 e. The van der Waals surface area contributed by atoms with Crippen LogP contribution in [0.5, 0.6) is 0 Å². The molecular formula is C12H24F3N. The molecule has 4 heteroatoms. The Bertz CT molecular complexity index is 189. The Hall–Kier alpha value is -0.250. The van der Waals surface area contributed by atoms with E-state index in [-0.39, 0.29) is 17.9 Å². The van der Waals surface area contributed by atoms with E-state index < -0.39 is 12.2 Å². The van der Waals surface area contributed by atoms with Crippen molar-refractivity contribution in [3.05, 3.63) is 0 Å². The van der Waals surface area contributed by atoms with Gasteiger partial charge in [0.05, 0.1) is 0 Å². The minimum atomic E-state index is -4.16. The molecule has 0 bridgehead atoms. The van der Waals surface area contributed by atoms with Crippen molar-refractivity contribution in [2.45, 2.75) is 72.1 Å². The minimum Gasteiger partial charge on any atom is -0.303 e. The fourth-order valence-electron chi connectivity index (χ4n) is 1.69. The average Bonchev–Trinajstić information content (AvgIpc) is 2.08. The predicted octanol–water partition coefficient (Wildman–Crippen LogP) is 4.13. The van der Waals surface area contributed by atoms with Gasteiger partial charge in [0.2, 0.25) is 0 Å². The molecule has 98 valence electrons. The third-order valence-corrected chi connectivity index (χ3v) is 2.63. The maximum absolute atomic E-state index is 12.8. The maximum atomic E-state index is 12.8. The molecule has 0 saturated heterocycles. The van der Waals surface area contributed by atoms with E-state index in [1.165, 1.54) is 0 Å². The van der Waals surface area contributed by atoms with Crippen LogP contribution in [0.4, 0.5) is 13.2 Å². The number of hydrogen-bond donors (Lipinski definition) is 1. The molecule has 0 amide bonds. The zero-order valence-electron chi connectivity index (χ0n) is 10.9. The molecule has 1 N–H and O–H groups in total. The summed E-state index contributed by atoms with van der Waals surface area (Å²) < 4.78 is 38.5. The van der Waals surface area contributed by atoms with Crippen molar-refractivity contribution in [1.82, 2.24) is 5.32 Å². The van der Waals surface area contributed by atoms with Crippen molar-refractivity contribution in [2.75, 3.05) is 0 Å². The third kappa shape index (κ3) is 6.36. The van der Waals surface area contributed by atoms with Gasteiger partial charge in [-0.25, -0.2) is 0 Å². The second-order valence-electron chi connectivity index (χ2n) is 5.54. The summed E-state index contributed by atoms with van der Waals surface area (Å²) in [7, 11) is 0. The van der Waals surface area contributed by atoms with Gasteiger partial charge >= 0.3 is 6.18 Å². The number of alkyl halides is 3. The molecule has 1 unspecified atom stereocenters. The van der Waals surface area contributed by atoms with Crippen molar-refractivity contribution in [2.24, 2.45) is 5.41 Å². The predicted molar refractivity (Wildman–Crippen MR) is 61.4 cm³/mol. The quantitative estimate of drug-likeness (QED) is 0.760. The SMILES string of the molecule is CCC(CC)NC(CC(C)(C)C)C(F)(F)F. The smallest absolute Gasteiger partial charge is 0.303 e. The lowest BCUT2D eigenvalue weighted by Gasteiger charge is -2.31. The highest BCUT2D eigenvalue weighted by Crippen LogP contribution is 2.31. The molecule has 0 radical (unpaired) electrons. The highest BCUT2D eigenvalue weighted by atomic mass is 19.4. The first-order valence-corrected chi connectivity index (χ1v) is 5.93. The van der Waals surface area contributed by atoms with Crippen LogP contribution in [0, 0.1) is 5.41 Å². The zero-order valence-corrected chi connectivity index (χ0v) is 10.9. The minimum absolute atomic E-state index is 0.0472. The lowest BCUT2D eigenvalue weighted by molar-refractivity contribution is -0.164. The largest absolute Gasteiger partial charge is 0.403 e. The van der Waals surface area contributed by atoms with Crippen LogP contribution in [0.2, 0.25) is 0 Å². The number of halogens is 3.